The normalized spacial score (nSPS) is 15.9. The van der Waals surface area contributed by atoms with Crippen LogP contribution in [0.3, 0.4) is 0 Å². The molecule has 1 aliphatic rings. The van der Waals surface area contributed by atoms with Gasteiger partial charge in [0.15, 0.2) is 0 Å². The van der Waals surface area contributed by atoms with Gasteiger partial charge in [-0.1, -0.05) is 35.3 Å². The van der Waals surface area contributed by atoms with E-state index in [1.807, 2.05) is 0 Å². The van der Waals surface area contributed by atoms with Gasteiger partial charge in [-0.2, -0.15) is 4.31 Å². The first-order chi connectivity index (χ1) is 12.3. The molecule has 9 heteroatoms. The first-order valence-corrected chi connectivity index (χ1v) is 9.99. The summed E-state index contributed by atoms with van der Waals surface area (Å²) < 4.78 is 40.2. The van der Waals surface area contributed by atoms with Gasteiger partial charge in [0.1, 0.15) is 10.7 Å². The number of nitrogens with zero attached hydrogens (tertiary/aromatic N) is 2. The molecule has 0 bridgehead atoms. The number of benzene rings is 2. The summed E-state index contributed by atoms with van der Waals surface area (Å²) in [5, 5.41) is 0.666. The van der Waals surface area contributed by atoms with Crippen molar-refractivity contribution in [3.63, 3.8) is 0 Å². The second-order valence-corrected chi connectivity index (χ2v) is 8.50. The first kappa shape index (κ1) is 19.1. The highest BCUT2D eigenvalue weighted by Crippen LogP contribution is 2.24. The van der Waals surface area contributed by atoms with Crippen molar-refractivity contribution in [3.05, 3.63) is 63.9 Å². The molecule has 1 fully saturated rings. The van der Waals surface area contributed by atoms with E-state index < -0.39 is 15.8 Å². The zero-order valence-electron chi connectivity index (χ0n) is 13.5. The molecule has 2 aromatic carbocycles. The summed E-state index contributed by atoms with van der Waals surface area (Å²) in [4.78, 5) is 13.7. The molecule has 3 rings (SSSR count). The van der Waals surface area contributed by atoms with Crippen molar-refractivity contribution < 1.29 is 17.6 Å². The molecule has 0 aliphatic carbocycles. The molecular weight excluding hydrogens is 402 g/mol. The second-order valence-electron chi connectivity index (χ2n) is 5.75. The Bertz CT molecular complexity index is 945. The maximum absolute atomic E-state index is 13.9. The van der Waals surface area contributed by atoms with Crippen molar-refractivity contribution >= 4 is 39.1 Å². The standard InChI is InChI=1S/C17H15Cl2FN2O3S/c18-12-5-6-14(19)13(11-12)17(23)21-7-9-22(10-8-21)26(24,25)16-4-2-1-3-15(16)20/h1-6,11H,7-10H2. The van der Waals surface area contributed by atoms with E-state index in [0.29, 0.717) is 5.02 Å². The zero-order chi connectivity index (χ0) is 18.9. The molecule has 5 nitrogen and oxygen atoms in total. The minimum absolute atomic E-state index is 0.0700. The monoisotopic (exact) mass is 416 g/mol. The van der Waals surface area contributed by atoms with Gasteiger partial charge in [0.05, 0.1) is 10.6 Å². The summed E-state index contributed by atoms with van der Waals surface area (Å²) in [5.74, 6) is -1.11. The molecule has 0 unspecified atom stereocenters. The van der Waals surface area contributed by atoms with Crippen molar-refractivity contribution in [2.75, 3.05) is 26.2 Å². The van der Waals surface area contributed by atoms with Crippen LogP contribution < -0.4 is 0 Å². The summed E-state index contributed by atoms with van der Waals surface area (Å²) in [6.07, 6.45) is 0. The van der Waals surface area contributed by atoms with Crippen LogP contribution in [0.5, 0.6) is 0 Å². The van der Waals surface area contributed by atoms with E-state index in [1.165, 1.54) is 39.5 Å². The molecule has 1 saturated heterocycles. The molecular formula is C17H15Cl2FN2O3S. The van der Waals surface area contributed by atoms with Gasteiger partial charge in [0, 0.05) is 31.2 Å². The highest BCUT2D eigenvalue weighted by molar-refractivity contribution is 7.89. The van der Waals surface area contributed by atoms with Gasteiger partial charge >= 0.3 is 0 Å². The number of halogens is 3. The van der Waals surface area contributed by atoms with E-state index in [4.69, 9.17) is 23.2 Å². The SMILES string of the molecule is O=C(c1cc(Cl)ccc1Cl)N1CCN(S(=O)(=O)c2ccccc2F)CC1. The van der Waals surface area contributed by atoms with Gasteiger partial charge in [-0.15, -0.1) is 0 Å². The average Bonchev–Trinajstić information content (AvgIpc) is 2.63. The molecule has 0 aromatic heterocycles. The van der Waals surface area contributed by atoms with Crippen molar-refractivity contribution in [1.82, 2.24) is 9.21 Å². The fourth-order valence-corrected chi connectivity index (χ4v) is 4.61. The maximum Gasteiger partial charge on any atom is 0.255 e. The summed E-state index contributed by atoms with van der Waals surface area (Å²) in [5.41, 5.74) is 0.268. The van der Waals surface area contributed by atoms with Crippen LogP contribution in [-0.4, -0.2) is 49.7 Å². The number of carbonyl (C=O) groups excluding carboxylic acids is 1. The van der Waals surface area contributed by atoms with Crippen LogP contribution in [0.25, 0.3) is 0 Å². The average molecular weight is 417 g/mol. The fourth-order valence-electron chi connectivity index (χ4n) is 2.76. The first-order valence-electron chi connectivity index (χ1n) is 7.80. The Labute approximate surface area is 161 Å². The lowest BCUT2D eigenvalue weighted by atomic mass is 10.2. The van der Waals surface area contributed by atoms with Crippen molar-refractivity contribution in [2.45, 2.75) is 4.90 Å². The van der Waals surface area contributed by atoms with Crippen LogP contribution in [0.15, 0.2) is 47.4 Å². The maximum atomic E-state index is 13.9. The smallest absolute Gasteiger partial charge is 0.255 e. The Hall–Kier alpha value is -1.67. The number of sulfonamides is 1. The number of hydrogen-bond donors (Lipinski definition) is 0. The number of rotatable bonds is 3. The molecule has 0 saturated carbocycles. The van der Waals surface area contributed by atoms with Gasteiger partial charge < -0.3 is 4.90 Å². The van der Waals surface area contributed by atoms with Crippen LogP contribution in [0.4, 0.5) is 4.39 Å². The lowest BCUT2D eigenvalue weighted by Crippen LogP contribution is -2.50. The third-order valence-electron chi connectivity index (χ3n) is 4.14. The third-order valence-corrected chi connectivity index (χ3v) is 6.64. The minimum Gasteiger partial charge on any atom is -0.336 e. The number of carbonyl (C=O) groups is 1. The van der Waals surface area contributed by atoms with Gasteiger partial charge in [-0.05, 0) is 30.3 Å². The van der Waals surface area contributed by atoms with E-state index in [0.717, 1.165) is 6.07 Å². The van der Waals surface area contributed by atoms with E-state index in [-0.39, 0.29) is 47.6 Å². The van der Waals surface area contributed by atoms with E-state index in [1.54, 1.807) is 6.07 Å². The molecule has 0 spiro atoms. The Morgan fingerprint density at radius 3 is 2.31 bits per heavy atom. The van der Waals surface area contributed by atoms with Crippen molar-refractivity contribution in [3.8, 4) is 0 Å². The Kier molecular flexibility index (Phi) is 5.53. The summed E-state index contributed by atoms with van der Waals surface area (Å²) in [7, 11) is -3.95. The van der Waals surface area contributed by atoms with E-state index in [9.17, 15) is 17.6 Å². The number of hydrogen-bond acceptors (Lipinski definition) is 3. The lowest BCUT2D eigenvalue weighted by molar-refractivity contribution is 0.0698. The van der Waals surface area contributed by atoms with Gasteiger partial charge in [-0.25, -0.2) is 12.8 Å². The molecule has 0 atom stereocenters. The quantitative estimate of drug-likeness (QED) is 0.771. The zero-order valence-corrected chi connectivity index (χ0v) is 15.9. The summed E-state index contributed by atoms with van der Waals surface area (Å²) >= 11 is 12.0. The highest BCUT2D eigenvalue weighted by Gasteiger charge is 2.32. The molecule has 2 aromatic rings. The van der Waals surface area contributed by atoms with Crippen molar-refractivity contribution in [2.24, 2.45) is 0 Å². The molecule has 1 aliphatic heterocycles. The Morgan fingerprint density at radius 2 is 1.65 bits per heavy atom. The van der Waals surface area contributed by atoms with Gasteiger partial charge in [0.25, 0.3) is 5.91 Å². The molecule has 0 N–H and O–H groups in total. The molecule has 1 amide bonds. The number of amides is 1. The second kappa shape index (κ2) is 7.52. The minimum atomic E-state index is -3.95. The lowest BCUT2D eigenvalue weighted by Gasteiger charge is -2.34. The largest absolute Gasteiger partial charge is 0.336 e. The summed E-state index contributed by atoms with van der Waals surface area (Å²) in [6.45, 7) is 0.492. The number of piperazine rings is 1. The topological polar surface area (TPSA) is 57.7 Å². The predicted molar refractivity (Wildman–Crippen MR) is 97.5 cm³/mol. The molecule has 26 heavy (non-hydrogen) atoms. The fraction of sp³-hybridized carbons (Fsp3) is 0.235. The third kappa shape index (κ3) is 3.71. The summed E-state index contributed by atoms with van der Waals surface area (Å²) in [6, 6.07) is 9.84. The molecule has 138 valence electrons. The van der Waals surface area contributed by atoms with Crippen LogP contribution in [-0.2, 0) is 10.0 Å². The Morgan fingerprint density at radius 1 is 1.00 bits per heavy atom. The van der Waals surface area contributed by atoms with Crippen molar-refractivity contribution in [1.29, 1.82) is 0 Å². The highest BCUT2D eigenvalue weighted by atomic mass is 35.5. The van der Waals surface area contributed by atoms with E-state index in [2.05, 4.69) is 0 Å². The van der Waals surface area contributed by atoms with Crippen LogP contribution >= 0.6 is 23.2 Å². The van der Waals surface area contributed by atoms with Gasteiger partial charge in [0.2, 0.25) is 10.0 Å². The van der Waals surface area contributed by atoms with E-state index >= 15 is 0 Å². The molecule has 0 radical (unpaired) electrons. The van der Waals surface area contributed by atoms with Crippen LogP contribution in [0.2, 0.25) is 10.0 Å². The Balaban J connectivity index is 1.74. The predicted octanol–water partition coefficient (Wildman–Crippen LogP) is 3.28. The van der Waals surface area contributed by atoms with Crippen LogP contribution in [0.1, 0.15) is 10.4 Å². The molecule has 1 heterocycles. The van der Waals surface area contributed by atoms with Gasteiger partial charge in [-0.3, -0.25) is 4.79 Å². The van der Waals surface area contributed by atoms with Crippen LogP contribution in [0, 0.1) is 5.82 Å².